The highest BCUT2D eigenvalue weighted by Crippen LogP contribution is 2.14. The number of aromatic hydroxyl groups is 2. The predicted octanol–water partition coefficient (Wildman–Crippen LogP) is -0.444. The van der Waals surface area contributed by atoms with Gasteiger partial charge in [-0.15, -0.1) is 0 Å². The van der Waals surface area contributed by atoms with Crippen LogP contribution < -0.4 is 33.2 Å². The van der Waals surface area contributed by atoms with Crippen LogP contribution in [0.2, 0.25) is 0 Å². The first-order valence-electron chi connectivity index (χ1n) is 13.9. The number of thioether (sulfide) groups is 1. The van der Waals surface area contributed by atoms with Crippen molar-refractivity contribution in [1.29, 1.82) is 0 Å². The number of hydrogen-bond donors (Lipinski definition) is 9. The molecule has 0 aliphatic heterocycles. The molecule has 0 heterocycles. The van der Waals surface area contributed by atoms with Crippen LogP contribution in [0.4, 0.5) is 0 Å². The monoisotopic (exact) mass is 631 g/mol. The van der Waals surface area contributed by atoms with Gasteiger partial charge in [-0.3, -0.25) is 19.4 Å². The summed E-state index contributed by atoms with van der Waals surface area (Å²) in [5, 5.41) is 36.8. The third kappa shape index (κ3) is 12.8. The van der Waals surface area contributed by atoms with Crippen LogP contribution in [0, 0.1) is 0 Å². The number of carboxylic acid groups (broad SMARTS) is 1. The summed E-state index contributed by atoms with van der Waals surface area (Å²) < 4.78 is 0. The lowest BCUT2D eigenvalue weighted by molar-refractivity contribution is -0.142. The third-order valence-electron chi connectivity index (χ3n) is 6.55. The smallest absolute Gasteiger partial charge is 0.326 e. The number of carbonyl (C=O) groups excluding carboxylic acids is 3. The minimum Gasteiger partial charge on any atom is -0.508 e. The molecular weight excluding hydrogens is 590 g/mol. The lowest BCUT2D eigenvalue weighted by Gasteiger charge is -2.25. The van der Waals surface area contributed by atoms with Crippen LogP contribution in [0.25, 0.3) is 0 Å². The fraction of sp³-hybridized carbons (Fsp3) is 0.414. The topological polar surface area (TPSA) is 255 Å². The van der Waals surface area contributed by atoms with Crippen molar-refractivity contribution in [2.75, 3.05) is 18.6 Å². The molecule has 12 N–H and O–H groups in total. The second kappa shape index (κ2) is 18.2. The van der Waals surface area contributed by atoms with Gasteiger partial charge in [0.2, 0.25) is 17.7 Å². The molecule has 0 radical (unpaired) electrons. The summed E-state index contributed by atoms with van der Waals surface area (Å²) in [5.41, 5.74) is 17.8. The molecular formula is C29H41N7O7S. The molecule has 2 aromatic rings. The molecule has 3 amide bonds. The zero-order valence-electron chi connectivity index (χ0n) is 24.4. The SMILES string of the molecule is CSCCC(N)C(=O)NC(Cc1ccc(O)cc1)C(=O)NC(Cc1ccc(O)cc1)C(=O)NC(CCCN=C(N)N)C(=O)O. The third-order valence-corrected chi connectivity index (χ3v) is 7.19. The zero-order valence-corrected chi connectivity index (χ0v) is 25.3. The van der Waals surface area contributed by atoms with E-state index in [0.717, 1.165) is 0 Å². The van der Waals surface area contributed by atoms with Crippen LogP contribution in [-0.4, -0.2) is 87.7 Å². The maximum absolute atomic E-state index is 13.6. The van der Waals surface area contributed by atoms with Crippen LogP contribution in [0.3, 0.4) is 0 Å². The van der Waals surface area contributed by atoms with Gasteiger partial charge in [0, 0.05) is 19.4 Å². The number of hydrogen-bond acceptors (Lipinski definition) is 9. The molecule has 0 aromatic heterocycles. The highest BCUT2D eigenvalue weighted by molar-refractivity contribution is 7.98. The fourth-order valence-corrected chi connectivity index (χ4v) is 4.60. The Kier molecular flexibility index (Phi) is 14.8. The largest absolute Gasteiger partial charge is 0.508 e. The number of phenols is 2. The molecule has 15 heteroatoms. The van der Waals surface area contributed by atoms with E-state index < -0.39 is 47.9 Å². The number of nitrogens with one attached hydrogen (secondary N) is 3. The first-order valence-corrected chi connectivity index (χ1v) is 15.3. The number of carbonyl (C=O) groups is 4. The van der Waals surface area contributed by atoms with Crippen molar-refractivity contribution in [3.8, 4) is 11.5 Å². The summed E-state index contributed by atoms with van der Waals surface area (Å²) in [6.45, 7) is 0.160. The Morgan fingerprint density at radius 1 is 0.773 bits per heavy atom. The van der Waals surface area contributed by atoms with Crippen LogP contribution in [-0.2, 0) is 32.0 Å². The molecule has 2 rings (SSSR count). The minimum absolute atomic E-state index is 0.00000978. The molecule has 4 atom stereocenters. The average molecular weight is 632 g/mol. The summed E-state index contributed by atoms with van der Waals surface area (Å²) in [6, 6.07) is 7.45. The summed E-state index contributed by atoms with van der Waals surface area (Å²) >= 11 is 1.52. The van der Waals surface area contributed by atoms with Gasteiger partial charge in [0.05, 0.1) is 6.04 Å². The van der Waals surface area contributed by atoms with Gasteiger partial charge in [-0.2, -0.15) is 11.8 Å². The van der Waals surface area contributed by atoms with Gasteiger partial charge < -0.3 is 48.5 Å². The molecule has 0 aliphatic carbocycles. The van der Waals surface area contributed by atoms with Crippen LogP contribution >= 0.6 is 11.8 Å². The van der Waals surface area contributed by atoms with E-state index in [1.165, 1.54) is 36.0 Å². The van der Waals surface area contributed by atoms with Crippen molar-refractivity contribution in [1.82, 2.24) is 16.0 Å². The van der Waals surface area contributed by atoms with E-state index in [9.17, 15) is 34.5 Å². The number of nitrogens with zero attached hydrogens (tertiary/aromatic N) is 1. The Morgan fingerprint density at radius 3 is 1.66 bits per heavy atom. The van der Waals surface area contributed by atoms with Crippen molar-refractivity contribution >= 4 is 41.4 Å². The van der Waals surface area contributed by atoms with Crippen LogP contribution in [0.1, 0.15) is 30.4 Å². The molecule has 0 bridgehead atoms. The van der Waals surface area contributed by atoms with E-state index in [0.29, 0.717) is 23.3 Å². The molecule has 44 heavy (non-hydrogen) atoms. The quantitative estimate of drug-likeness (QED) is 0.0579. The Labute approximate surface area is 259 Å². The summed E-state index contributed by atoms with van der Waals surface area (Å²) in [7, 11) is 0. The van der Waals surface area contributed by atoms with Crippen molar-refractivity contribution in [3.05, 3.63) is 59.7 Å². The lowest BCUT2D eigenvalue weighted by Crippen LogP contribution is -2.58. The first kappa shape index (κ1) is 35.7. The second-order valence-corrected chi connectivity index (χ2v) is 11.1. The standard InChI is InChI=1S/C29H41N7O7S/c1-44-14-12-21(30)25(39)35-23(15-17-4-8-19(37)9-5-17)27(41)36-24(16-18-6-10-20(38)11-7-18)26(40)34-22(28(42)43)3-2-13-33-29(31)32/h4-11,21-24,37-38H,2-3,12-16,30H2,1H3,(H,34,40)(H,35,39)(H,36,41)(H,42,43)(H4,31,32,33). The zero-order chi connectivity index (χ0) is 32.6. The number of rotatable bonds is 18. The maximum atomic E-state index is 13.6. The predicted molar refractivity (Wildman–Crippen MR) is 168 cm³/mol. The summed E-state index contributed by atoms with van der Waals surface area (Å²) in [5.74, 6) is -2.80. The van der Waals surface area contributed by atoms with Gasteiger partial charge in [0.15, 0.2) is 5.96 Å². The van der Waals surface area contributed by atoms with Gasteiger partial charge in [-0.25, -0.2) is 4.79 Å². The summed E-state index contributed by atoms with van der Waals surface area (Å²) in [4.78, 5) is 55.7. The lowest BCUT2D eigenvalue weighted by atomic mass is 10.0. The van der Waals surface area contributed by atoms with E-state index in [-0.39, 0.29) is 49.7 Å². The van der Waals surface area contributed by atoms with Crippen LogP contribution in [0.15, 0.2) is 53.5 Å². The molecule has 0 saturated heterocycles. The Balaban J connectivity index is 2.30. The second-order valence-electron chi connectivity index (χ2n) is 10.1. The number of phenolic OH excluding ortho intramolecular Hbond substituents is 2. The molecule has 2 aromatic carbocycles. The van der Waals surface area contributed by atoms with Crippen LogP contribution in [0.5, 0.6) is 11.5 Å². The number of aliphatic imine (C=N–C) groups is 1. The first-order chi connectivity index (χ1) is 20.9. The van der Waals surface area contributed by atoms with E-state index in [4.69, 9.17) is 17.2 Å². The molecule has 0 fully saturated rings. The molecule has 4 unspecified atom stereocenters. The molecule has 14 nitrogen and oxygen atoms in total. The van der Waals surface area contributed by atoms with Gasteiger partial charge in [-0.05, 0) is 66.7 Å². The molecule has 0 aliphatic rings. The number of amides is 3. The van der Waals surface area contributed by atoms with Gasteiger partial charge in [-0.1, -0.05) is 24.3 Å². The van der Waals surface area contributed by atoms with E-state index >= 15 is 0 Å². The minimum atomic E-state index is -1.29. The average Bonchev–Trinajstić information content (AvgIpc) is 2.98. The van der Waals surface area contributed by atoms with Crippen molar-refractivity contribution in [2.45, 2.75) is 56.3 Å². The number of guanidine groups is 1. The van der Waals surface area contributed by atoms with E-state index in [1.807, 2.05) is 6.26 Å². The summed E-state index contributed by atoms with van der Waals surface area (Å²) in [6.07, 6.45) is 2.51. The fourth-order valence-electron chi connectivity index (χ4n) is 4.11. The van der Waals surface area contributed by atoms with E-state index in [2.05, 4.69) is 20.9 Å². The van der Waals surface area contributed by atoms with E-state index in [1.54, 1.807) is 24.3 Å². The molecule has 0 saturated carbocycles. The molecule has 240 valence electrons. The number of aliphatic carboxylic acids is 1. The van der Waals surface area contributed by atoms with Gasteiger partial charge in [0.25, 0.3) is 0 Å². The van der Waals surface area contributed by atoms with Crippen molar-refractivity contribution in [2.24, 2.45) is 22.2 Å². The Morgan fingerprint density at radius 2 is 1.23 bits per heavy atom. The van der Waals surface area contributed by atoms with Crippen molar-refractivity contribution in [3.63, 3.8) is 0 Å². The number of nitrogens with two attached hydrogens (primary N) is 3. The Hall–Kier alpha value is -4.50. The normalized spacial score (nSPS) is 13.5. The Bertz CT molecular complexity index is 1270. The highest BCUT2D eigenvalue weighted by Gasteiger charge is 2.30. The highest BCUT2D eigenvalue weighted by atomic mass is 32.2. The number of carboxylic acids is 1. The van der Waals surface area contributed by atoms with Crippen molar-refractivity contribution < 1.29 is 34.5 Å². The van der Waals surface area contributed by atoms with Gasteiger partial charge >= 0.3 is 5.97 Å². The number of benzene rings is 2. The van der Waals surface area contributed by atoms with Gasteiger partial charge in [0.1, 0.15) is 29.6 Å². The maximum Gasteiger partial charge on any atom is 0.326 e. The molecule has 0 spiro atoms.